The summed E-state index contributed by atoms with van der Waals surface area (Å²) in [5.74, 6) is -0.0881. The molecule has 1 amide bonds. The Bertz CT molecular complexity index is 607. The van der Waals surface area contributed by atoms with E-state index < -0.39 is 0 Å². The Balaban J connectivity index is 1.97. The first kappa shape index (κ1) is 15.1. The van der Waals surface area contributed by atoms with E-state index in [1.54, 1.807) is 24.3 Å². The van der Waals surface area contributed by atoms with Crippen molar-refractivity contribution in [2.75, 3.05) is 5.73 Å². The molecule has 0 aliphatic heterocycles. The number of benzene rings is 2. The van der Waals surface area contributed by atoms with Gasteiger partial charge in [-0.15, -0.1) is 0 Å². The van der Waals surface area contributed by atoms with E-state index in [9.17, 15) is 4.79 Å². The summed E-state index contributed by atoms with van der Waals surface area (Å²) in [7, 11) is 0. The molecule has 3 nitrogen and oxygen atoms in total. The van der Waals surface area contributed by atoms with Gasteiger partial charge in [-0.1, -0.05) is 45.0 Å². The van der Waals surface area contributed by atoms with Gasteiger partial charge in [0.25, 0.3) is 5.91 Å². The Morgan fingerprint density at radius 2 is 1.57 bits per heavy atom. The Morgan fingerprint density at radius 3 is 2.10 bits per heavy atom. The molecule has 3 N–H and O–H groups in total. The zero-order valence-corrected chi connectivity index (χ0v) is 12.8. The van der Waals surface area contributed by atoms with Crippen LogP contribution in [-0.4, -0.2) is 5.91 Å². The molecular weight excluding hydrogens is 260 g/mol. The smallest absolute Gasteiger partial charge is 0.251 e. The monoisotopic (exact) mass is 282 g/mol. The van der Waals surface area contributed by atoms with Crippen LogP contribution in [0.3, 0.4) is 0 Å². The van der Waals surface area contributed by atoms with Crippen LogP contribution in [0.2, 0.25) is 0 Å². The molecule has 0 radical (unpaired) electrons. The fourth-order valence-corrected chi connectivity index (χ4v) is 2.04. The summed E-state index contributed by atoms with van der Waals surface area (Å²) < 4.78 is 0. The van der Waals surface area contributed by atoms with Gasteiger partial charge in [0.1, 0.15) is 0 Å². The summed E-state index contributed by atoms with van der Waals surface area (Å²) in [5, 5.41) is 2.91. The van der Waals surface area contributed by atoms with Crippen molar-refractivity contribution in [1.82, 2.24) is 5.32 Å². The Morgan fingerprint density at radius 1 is 1.00 bits per heavy atom. The number of anilines is 1. The van der Waals surface area contributed by atoms with Gasteiger partial charge in [0.15, 0.2) is 0 Å². The molecule has 2 aromatic carbocycles. The predicted molar refractivity (Wildman–Crippen MR) is 87.2 cm³/mol. The van der Waals surface area contributed by atoms with E-state index in [4.69, 9.17) is 5.73 Å². The molecule has 0 bridgehead atoms. The van der Waals surface area contributed by atoms with Crippen LogP contribution in [0.1, 0.15) is 42.3 Å². The van der Waals surface area contributed by atoms with Gasteiger partial charge in [-0.2, -0.15) is 0 Å². The molecule has 0 aliphatic rings. The van der Waals surface area contributed by atoms with E-state index in [2.05, 4.69) is 50.4 Å². The van der Waals surface area contributed by atoms with Crippen LogP contribution in [0.5, 0.6) is 0 Å². The lowest BCUT2D eigenvalue weighted by atomic mass is 9.87. The van der Waals surface area contributed by atoms with Crippen molar-refractivity contribution in [3.63, 3.8) is 0 Å². The number of nitrogens with two attached hydrogens (primary N) is 1. The largest absolute Gasteiger partial charge is 0.399 e. The number of rotatable bonds is 3. The van der Waals surface area contributed by atoms with Crippen molar-refractivity contribution in [2.24, 2.45) is 0 Å². The SMILES string of the molecule is CC(C)(C)c1ccc(CNC(=O)c2ccc(N)cc2)cc1. The van der Waals surface area contributed by atoms with Crippen LogP contribution in [0, 0.1) is 0 Å². The standard InChI is InChI=1S/C18H22N2O/c1-18(2,3)15-8-4-13(5-9-15)12-20-17(21)14-6-10-16(19)11-7-14/h4-11H,12,19H2,1-3H3,(H,20,21). The van der Waals surface area contributed by atoms with Crippen LogP contribution < -0.4 is 11.1 Å². The van der Waals surface area contributed by atoms with Crippen LogP contribution in [0.4, 0.5) is 5.69 Å². The van der Waals surface area contributed by atoms with E-state index in [-0.39, 0.29) is 11.3 Å². The summed E-state index contributed by atoms with van der Waals surface area (Å²) in [6, 6.07) is 15.3. The first-order valence-electron chi connectivity index (χ1n) is 7.09. The quantitative estimate of drug-likeness (QED) is 0.847. The number of amides is 1. The molecule has 2 aromatic rings. The third kappa shape index (κ3) is 4.09. The molecule has 2 rings (SSSR count). The normalized spacial score (nSPS) is 11.2. The zero-order chi connectivity index (χ0) is 15.5. The molecule has 0 atom stereocenters. The second-order valence-electron chi connectivity index (χ2n) is 6.25. The lowest BCUT2D eigenvalue weighted by molar-refractivity contribution is 0.0951. The number of nitrogen functional groups attached to an aromatic ring is 1. The number of nitrogens with one attached hydrogen (secondary N) is 1. The van der Waals surface area contributed by atoms with Crippen molar-refractivity contribution in [3.05, 3.63) is 65.2 Å². The van der Waals surface area contributed by atoms with Crippen molar-refractivity contribution >= 4 is 11.6 Å². The first-order chi connectivity index (χ1) is 9.86. The van der Waals surface area contributed by atoms with Crippen molar-refractivity contribution in [3.8, 4) is 0 Å². The van der Waals surface area contributed by atoms with E-state index in [1.807, 2.05) is 0 Å². The minimum Gasteiger partial charge on any atom is -0.399 e. The Hall–Kier alpha value is -2.29. The van der Waals surface area contributed by atoms with E-state index in [0.29, 0.717) is 17.8 Å². The molecule has 110 valence electrons. The highest BCUT2D eigenvalue weighted by Crippen LogP contribution is 2.22. The van der Waals surface area contributed by atoms with E-state index in [0.717, 1.165) is 5.56 Å². The fraction of sp³-hybridized carbons (Fsp3) is 0.278. The molecule has 0 saturated heterocycles. The van der Waals surface area contributed by atoms with E-state index >= 15 is 0 Å². The Kier molecular flexibility index (Phi) is 4.32. The topological polar surface area (TPSA) is 55.1 Å². The van der Waals surface area contributed by atoms with Gasteiger partial charge in [-0.3, -0.25) is 4.79 Å². The average Bonchev–Trinajstić information content (AvgIpc) is 2.45. The fourth-order valence-electron chi connectivity index (χ4n) is 2.04. The number of carbonyl (C=O) groups excluding carboxylic acids is 1. The number of hydrogen-bond donors (Lipinski definition) is 2. The molecule has 0 unspecified atom stereocenters. The van der Waals surface area contributed by atoms with Crippen LogP contribution >= 0.6 is 0 Å². The summed E-state index contributed by atoms with van der Waals surface area (Å²) >= 11 is 0. The minimum absolute atomic E-state index is 0.0881. The van der Waals surface area contributed by atoms with Gasteiger partial charge in [0, 0.05) is 17.8 Å². The molecule has 0 heterocycles. The molecule has 21 heavy (non-hydrogen) atoms. The highest BCUT2D eigenvalue weighted by molar-refractivity contribution is 5.94. The Labute approximate surface area is 126 Å². The van der Waals surface area contributed by atoms with Gasteiger partial charge < -0.3 is 11.1 Å². The summed E-state index contributed by atoms with van der Waals surface area (Å²) in [6.45, 7) is 7.08. The number of hydrogen-bond acceptors (Lipinski definition) is 2. The maximum absolute atomic E-state index is 12.0. The van der Waals surface area contributed by atoms with E-state index in [1.165, 1.54) is 5.56 Å². The highest BCUT2D eigenvalue weighted by atomic mass is 16.1. The summed E-state index contributed by atoms with van der Waals surface area (Å²) in [5.41, 5.74) is 9.41. The second-order valence-corrected chi connectivity index (χ2v) is 6.25. The molecule has 0 aromatic heterocycles. The summed E-state index contributed by atoms with van der Waals surface area (Å²) in [4.78, 5) is 12.0. The lowest BCUT2D eigenvalue weighted by Crippen LogP contribution is -2.22. The third-order valence-electron chi connectivity index (χ3n) is 3.45. The maximum atomic E-state index is 12.0. The van der Waals surface area contributed by atoms with Crippen LogP contribution in [0.15, 0.2) is 48.5 Å². The van der Waals surface area contributed by atoms with Gasteiger partial charge in [-0.25, -0.2) is 0 Å². The van der Waals surface area contributed by atoms with Gasteiger partial charge in [-0.05, 0) is 40.8 Å². The van der Waals surface area contributed by atoms with Crippen LogP contribution in [-0.2, 0) is 12.0 Å². The second kappa shape index (κ2) is 6.00. The van der Waals surface area contributed by atoms with Crippen molar-refractivity contribution in [2.45, 2.75) is 32.7 Å². The van der Waals surface area contributed by atoms with Crippen LogP contribution in [0.25, 0.3) is 0 Å². The zero-order valence-electron chi connectivity index (χ0n) is 12.8. The molecule has 0 spiro atoms. The highest BCUT2D eigenvalue weighted by Gasteiger charge is 2.13. The number of carbonyl (C=O) groups is 1. The molecular formula is C18H22N2O. The molecule has 0 fully saturated rings. The molecule has 0 saturated carbocycles. The van der Waals surface area contributed by atoms with Gasteiger partial charge in [0.2, 0.25) is 0 Å². The third-order valence-corrected chi connectivity index (χ3v) is 3.45. The van der Waals surface area contributed by atoms with Gasteiger partial charge >= 0.3 is 0 Å². The van der Waals surface area contributed by atoms with Crippen molar-refractivity contribution in [1.29, 1.82) is 0 Å². The van der Waals surface area contributed by atoms with Crippen molar-refractivity contribution < 1.29 is 4.79 Å². The first-order valence-corrected chi connectivity index (χ1v) is 7.09. The van der Waals surface area contributed by atoms with Gasteiger partial charge in [0.05, 0.1) is 0 Å². The summed E-state index contributed by atoms with van der Waals surface area (Å²) in [6.07, 6.45) is 0. The predicted octanol–water partition coefficient (Wildman–Crippen LogP) is 3.50. The lowest BCUT2D eigenvalue weighted by Gasteiger charge is -2.19. The maximum Gasteiger partial charge on any atom is 0.251 e. The molecule has 0 aliphatic carbocycles. The average molecular weight is 282 g/mol. The molecule has 3 heteroatoms. The minimum atomic E-state index is -0.0881.